The summed E-state index contributed by atoms with van der Waals surface area (Å²) in [6, 6.07) is 3.42. The van der Waals surface area contributed by atoms with Crippen LogP contribution in [0.4, 0.5) is 5.69 Å². The molecule has 14 heteroatoms. The molecule has 11 N–H and O–H groups in total. The first-order chi connectivity index (χ1) is 16.5. The van der Waals surface area contributed by atoms with E-state index >= 15 is 0 Å². The smallest absolute Gasteiger partial charge is 0.349 e. The zero-order valence-electron chi connectivity index (χ0n) is 19.1. The molecular weight excluding hydrogens is 460 g/mol. The largest absolute Gasteiger partial charge is 0.422 e. The molecule has 1 aromatic carbocycles. The fourth-order valence-electron chi connectivity index (χ4n) is 3.17. The van der Waals surface area contributed by atoms with Crippen LogP contribution < -0.4 is 44.5 Å². The maximum atomic E-state index is 12.8. The van der Waals surface area contributed by atoms with E-state index in [1.807, 2.05) is 0 Å². The van der Waals surface area contributed by atoms with Gasteiger partial charge in [-0.25, -0.2) is 4.79 Å². The first-order valence-corrected chi connectivity index (χ1v) is 10.5. The van der Waals surface area contributed by atoms with Crippen molar-refractivity contribution in [3.63, 3.8) is 0 Å². The highest BCUT2D eigenvalue weighted by atomic mass is 16.4. The number of hydrogen-bond acceptors (Lipinski definition) is 9. The summed E-state index contributed by atoms with van der Waals surface area (Å²) in [7, 11) is 0. The Labute approximate surface area is 199 Å². The van der Waals surface area contributed by atoms with Crippen molar-refractivity contribution >= 4 is 46.2 Å². The number of anilines is 1. The van der Waals surface area contributed by atoms with Gasteiger partial charge in [-0.3, -0.25) is 29.5 Å². The first-order valence-electron chi connectivity index (χ1n) is 10.5. The number of hydrogen-bond donors (Lipinski definition) is 7. The molecular formula is C21H28N8O6. The average Bonchev–Trinajstić information content (AvgIpc) is 2.78. The van der Waals surface area contributed by atoms with Crippen molar-refractivity contribution in [1.29, 1.82) is 0 Å². The molecule has 1 heterocycles. The van der Waals surface area contributed by atoms with Gasteiger partial charge in [0.2, 0.25) is 17.7 Å². The van der Waals surface area contributed by atoms with Crippen LogP contribution in [0.5, 0.6) is 0 Å². The number of rotatable bonds is 10. The zero-order valence-corrected chi connectivity index (χ0v) is 19.1. The van der Waals surface area contributed by atoms with Gasteiger partial charge in [-0.05, 0) is 37.5 Å². The van der Waals surface area contributed by atoms with Crippen LogP contribution in [0.3, 0.4) is 0 Å². The van der Waals surface area contributed by atoms with E-state index < -0.39 is 41.8 Å². The van der Waals surface area contributed by atoms with Gasteiger partial charge in [0.15, 0.2) is 5.96 Å². The molecule has 35 heavy (non-hydrogen) atoms. The van der Waals surface area contributed by atoms with Gasteiger partial charge in [0.05, 0.1) is 13.1 Å². The molecule has 0 saturated heterocycles. The fraction of sp³-hybridized carbons (Fsp3) is 0.333. The van der Waals surface area contributed by atoms with Crippen LogP contribution in [0, 0.1) is 6.92 Å². The van der Waals surface area contributed by atoms with Crippen molar-refractivity contribution in [2.75, 3.05) is 25.4 Å². The summed E-state index contributed by atoms with van der Waals surface area (Å²) in [5, 5.41) is 7.27. The molecule has 0 aliphatic carbocycles. The van der Waals surface area contributed by atoms with Crippen molar-refractivity contribution in [2.45, 2.75) is 25.8 Å². The third-order valence-corrected chi connectivity index (χ3v) is 4.88. The van der Waals surface area contributed by atoms with Crippen molar-refractivity contribution in [3.8, 4) is 0 Å². The number of carbonyl (C=O) groups excluding carboxylic acids is 4. The molecule has 0 aliphatic rings. The molecule has 14 nitrogen and oxygen atoms in total. The number of carbonyl (C=O) groups is 4. The molecule has 2 aromatic rings. The molecule has 0 bridgehead atoms. The number of aryl methyl sites for hydroxylation is 1. The maximum Gasteiger partial charge on any atom is 0.349 e. The third-order valence-electron chi connectivity index (χ3n) is 4.88. The van der Waals surface area contributed by atoms with Crippen LogP contribution in [0.25, 0.3) is 11.0 Å². The van der Waals surface area contributed by atoms with E-state index in [4.69, 9.17) is 27.4 Å². The van der Waals surface area contributed by atoms with Crippen molar-refractivity contribution in [2.24, 2.45) is 22.2 Å². The molecule has 0 fully saturated rings. The fourth-order valence-corrected chi connectivity index (χ4v) is 3.17. The van der Waals surface area contributed by atoms with Crippen LogP contribution in [-0.4, -0.2) is 55.3 Å². The quantitative estimate of drug-likeness (QED) is 0.0611. The van der Waals surface area contributed by atoms with E-state index in [-0.39, 0.29) is 43.0 Å². The Hall–Kier alpha value is -4.46. The van der Waals surface area contributed by atoms with E-state index in [1.165, 1.54) is 13.0 Å². The molecule has 0 spiro atoms. The van der Waals surface area contributed by atoms with Crippen LogP contribution in [0.15, 0.2) is 32.4 Å². The Morgan fingerprint density at radius 1 is 1.14 bits per heavy atom. The predicted octanol–water partition coefficient (Wildman–Crippen LogP) is -2.45. The van der Waals surface area contributed by atoms with Gasteiger partial charge in [-0.1, -0.05) is 0 Å². The first kappa shape index (κ1) is 26.8. The minimum absolute atomic E-state index is 0.0526. The second kappa shape index (κ2) is 12.1. The molecule has 0 aliphatic heterocycles. The molecule has 1 atom stereocenters. The van der Waals surface area contributed by atoms with Gasteiger partial charge in [0.1, 0.15) is 17.2 Å². The summed E-state index contributed by atoms with van der Waals surface area (Å²) in [4.78, 5) is 65.3. The predicted molar refractivity (Wildman–Crippen MR) is 128 cm³/mol. The monoisotopic (exact) mass is 488 g/mol. The van der Waals surface area contributed by atoms with E-state index in [0.717, 1.165) is 0 Å². The van der Waals surface area contributed by atoms with Gasteiger partial charge in [0.25, 0.3) is 5.91 Å². The standard InChI is InChI=1S/C21H28N8O6/c1-10-12-5-4-11(23)7-14(12)35-20(34)17(10)19(33)29-18(32)13(3-2-6-26-21(24)25)28-16(31)9-27-15(30)8-22/h4-5,7,13H,2-3,6,8-9,22-23H2,1H3,(H,27,30)(H,28,31)(H4,24,25,26)(H,29,32,33)/t13-/m0/s1. The Bertz CT molecular complexity index is 1220. The van der Waals surface area contributed by atoms with Crippen LogP contribution in [0.2, 0.25) is 0 Å². The number of nitrogens with two attached hydrogens (primary N) is 4. The molecule has 4 amide bonds. The van der Waals surface area contributed by atoms with E-state index in [1.54, 1.807) is 12.1 Å². The lowest BCUT2D eigenvalue weighted by atomic mass is 10.0. The number of nitrogen functional groups attached to an aromatic ring is 1. The van der Waals surface area contributed by atoms with Gasteiger partial charge < -0.3 is 38.0 Å². The third kappa shape index (κ3) is 7.53. The number of nitrogens with zero attached hydrogens (tertiary/aromatic N) is 1. The van der Waals surface area contributed by atoms with Crippen LogP contribution in [0.1, 0.15) is 28.8 Å². The highest BCUT2D eigenvalue weighted by Gasteiger charge is 2.26. The van der Waals surface area contributed by atoms with Crippen LogP contribution >= 0.6 is 0 Å². The Morgan fingerprint density at radius 3 is 2.51 bits per heavy atom. The van der Waals surface area contributed by atoms with E-state index in [2.05, 4.69) is 20.9 Å². The second-order valence-electron chi connectivity index (χ2n) is 7.51. The summed E-state index contributed by atoms with van der Waals surface area (Å²) in [5.41, 5.74) is 21.0. The number of imide groups is 1. The summed E-state index contributed by atoms with van der Waals surface area (Å²) in [6.07, 6.45) is 0.329. The highest BCUT2D eigenvalue weighted by Crippen LogP contribution is 2.21. The lowest BCUT2D eigenvalue weighted by Gasteiger charge is -2.18. The summed E-state index contributed by atoms with van der Waals surface area (Å²) in [6.45, 7) is 0.947. The van der Waals surface area contributed by atoms with Crippen molar-refractivity contribution in [1.82, 2.24) is 16.0 Å². The number of amides is 4. The molecule has 0 unspecified atom stereocenters. The number of fused-ring (bicyclic) bond motifs is 1. The van der Waals surface area contributed by atoms with Crippen molar-refractivity contribution in [3.05, 3.63) is 39.7 Å². The molecule has 188 valence electrons. The summed E-state index contributed by atoms with van der Waals surface area (Å²) >= 11 is 0. The summed E-state index contributed by atoms with van der Waals surface area (Å²) in [5.74, 6) is -3.28. The van der Waals surface area contributed by atoms with Gasteiger partial charge in [-0.2, -0.15) is 0 Å². The number of guanidine groups is 1. The number of benzene rings is 1. The lowest BCUT2D eigenvalue weighted by molar-refractivity contribution is -0.129. The Kier molecular flexibility index (Phi) is 9.28. The van der Waals surface area contributed by atoms with Gasteiger partial charge >= 0.3 is 5.63 Å². The number of aliphatic imine (C=N–C) groups is 1. The van der Waals surface area contributed by atoms with Crippen LogP contribution in [-0.2, 0) is 14.4 Å². The maximum absolute atomic E-state index is 12.8. The van der Waals surface area contributed by atoms with E-state index in [0.29, 0.717) is 16.6 Å². The normalized spacial score (nSPS) is 11.4. The minimum Gasteiger partial charge on any atom is -0.422 e. The van der Waals surface area contributed by atoms with Gasteiger partial charge in [-0.15, -0.1) is 0 Å². The SMILES string of the molecule is Cc1c(C(=O)NC(=O)[C@H](CCCN=C(N)N)NC(=O)CNC(=O)CN)c(=O)oc2cc(N)ccc12. The highest BCUT2D eigenvalue weighted by molar-refractivity contribution is 6.08. The van der Waals surface area contributed by atoms with E-state index in [9.17, 15) is 24.0 Å². The second-order valence-corrected chi connectivity index (χ2v) is 7.51. The van der Waals surface area contributed by atoms with Gasteiger partial charge in [0, 0.05) is 23.7 Å². The molecule has 0 saturated carbocycles. The average molecular weight is 489 g/mol. The zero-order chi connectivity index (χ0) is 26.1. The molecule has 2 rings (SSSR count). The molecule has 0 radical (unpaired) electrons. The number of nitrogens with one attached hydrogen (secondary N) is 3. The molecule has 1 aromatic heterocycles. The Balaban J connectivity index is 2.20. The topological polar surface area (TPSA) is 251 Å². The summed E-state index contributed by atoms with van der Waals surface area (Å²) < 4.78 is 5.18. The lowest BCUT2D eigenvalue weighted by Crippen LogP contribution is -2.51. The Morgan fingerprint density at radius 2 is 1.86 bits per heavy atom. The minimum atomic E-state index is -1.19. The van der Waals surface area contributed by atoms with Crippen molar-refractivity contribution < 1.29 is 23.6 Å².